The van der Waals surface area contributed by atoms with Gasteiger partial charge < -0.3 is 30.0 Å². The van der Waals surface area contributed by atoms with E-state index in [9.17, 15) is 34.8 Å². The predicted octanol–water partition coefficient (Wildman–Crippen LogP) is -0.0162. The van der Waals surface area contributed by atoms with E-state index in [-0.39, 0.29) is 17.8 Å². The maximum Gasteiger partial charge on any atom is 0.213 e. The van der Waals surface area contributed by atoms with Crippen molar-refractivity contribution in [2.75, 3.05) is 6.61 Å². The Morgan fingerprint density at radius 2 is 1.63 bits per heavy atom. The molecule has 4 bridgehead atoms. The molecule has 0 aromatic heterocycles. The topological polar surface area (TPSA) is 141 Å². The Morgan fingerprint density at radius 1 is 1.03 bits per heavy atom. The molecule has 0 aromatic carbocycles. The average molecular weight is 424 g/mol. The predicted molar refractivity (Wildman–Crippen MR) is 103 cm³/mol. The van der Waals surface area contributed by atoms with E-state index in [2.05, 4.69) is 0 Å². The average Bonchev–Trinajstić information content (AvgIpc) is 2.75. The Morgan fingerprint density at radius 3 is 2.23 bits per heavy atom. The third-order valence-corrected chi connectivity index (χ3v) is 8.70. The van der Waals surface area contributed by atoms with Crippen LogP contribution in [0.1, 0.15) is 53.4 Å². The lowest BCUT2D eigenvalue weighted by atomic mass is 9.35. The molecule has 4 N–H and O–H groups in total. The lowest BCUT2D eigenvalue weighted by molar-refractivity contribution is -0.458. The Hall–Kier alpha value is -1.19. The zero-order valence-corrected chi connectivity index (χ0v) is 17.9. The quantitative estimate of drug-likeness (QED) is 0.398. The van der Waals surface area contributed by atoms with E-state index < -0.39 is 64.2 Å². The zero-order chi connectivity index (χ0) is 22.4. The smallest absolute Gasteiger partial charge is 0.213 e. The van der Waals surface area contributed by atoms with Crippen molar-refractivity contribution >= 4 is 17.3 Å². The molecule has 8 heteroatoms. The molecule has 6 aliphatic rings. The van der Waals surface area contributed by atoms with E-state index in [0.29, 0.717) is 25.7 Å². The fourth-order valence-electron chi connectivity index (χ4n) is 7.75. The van der Waals surface area contributed by atoms with E-state index >= 15 is 0 Å². The second kappa shape index (κ2) is 6.42. The first-order valence-electron chi connectivity index (χ1n) is 10.8. The molecule has 0 radical (unpaired) electrons. The van der Waals surface area contributed by atoms with Crippen LogP contribution < -0.4 is 0 Å². The fraction of sp³-hybridized carbons (Fsp3) is 0.864. The molecule has 168 valence electrons. The number of carbonyl (C=O) groups excluding carboxylic acids is 3. The molecule has 30 heavy (non-hydrogen) atoms. The first-order valence-corrected chi connectivity index (χ1v) is 10.8. The summed E-state index contributed by atoms with van der Waals surface area (Å²) in [5.74, 6) is -5.61. The number of aliphatic hydroxyl groups is 4. The summed E-state index contributed by atoms with van der Waals surface area (Å²) in [5.41, 5.74) is -3.22. The van der Waals surface area contributed by atoms with E-state index in [0.717, 1.165) is 0 Å². The van der Waals surface area contributed by atoms with Crippen molar-refractivity contribution < 1.29 is 39.5 Å². The summed E-state index contributed by atoms with van der Waals surface area (Å²) < 4.78 is 5.69. The minimum Gasteiger partial charge on any atom is -0.392 e. The number of ether oxygens (including phenoxy) is 1. The molecule has 6 fully saturated rings. The molecule has 0 aromatic rings. The van der Waals surface area contributed by atoms with Crippen LogP contribution in [0.3, 0.4) is 0 Å². The molecule has 4 aliphatic carbocycles. The first-order chi connectivity index (χ1) is 13.8. The zero-order valence-electron chi connectivity index (χ0n) is 17.9. The number of ketones is 3. The highest BCUT2D eigenvalue weighted by molar-refractivity contribution is 6.43. The van der Waals surface area contributed by atoms with Crippen molar-refractivity contribution in [2.45, 2.75) is 77.5 Å². The maximum absolute atomic E-state index is 13.1. The van der Waals surface area contributed by atoms with Crippen molar-refractivity contribution in [1.29, 1.82) is 0 Å². The number of hydrogen-bond donors (Lipinski definition) is 4. The van der Waals surface area contributed by atoms with Gasteiger partial charge in [-0.05, 0) is 50.9 Å². The third-order valence-electron chi connectivity index (χ3n) is 8.70. The largest absolute Gasteiger partial charge is 0.392 e. The number of hydrogen-bond acceptors (Lipinski definition) is 8. The van der Waals surface area contributed by atoms with E-state index in [4.69, 9.17) is 4.74 Å². The van der Waals surface area contributed by atoms with Crippen molar-refractivity contribution in [3.8, 4) is 0 Å². The van der Waals surface area contributed by atoms with Gasteiger partial charge in [0.15, 0.2) is 0 Å². The highest BCUT2D eigenvalue weighted by Gasteiger charge is 2.87. The van der Waals surface area contributed by atoms with Crippen LogP contribution in [0.2, 0.25) is 0 Å². The van der Waals surface area contributed by atoms with Crippen molar-refractivity contribution in [3.05, 3.63) is 0 Å². The Bertz CT molecular complexity index is 803. The molecule has 4 saturated carbocycles. The molecule has 2 spiro atoms. The van der Waals surface area contributed by atoms with Gasteiger partial charge in [0.2, 0.25) is 17.4 Å². The van der Waals surface area contributed by atoms with Crippen molar-refractivity contribution in [3.63, 3.8) is 0 Å². The van der Waals surface area contributed by atoms with Crippen LogP contribution in [0.5, 0.6) is 0 Å². The van der Waals surface area contributed by atoms with Crippen LogP contribution in [0.25, 0.3) is 0 Å². The summed E-state index contributed by atoms with van der Waals surface area (Å²) >= 11 is 0. The summed E-state index contributed by atoms with van der Waals surface area (Å²) in [6, 6.07) is 0. The molecule has 0 unspecified atom stereocenters. The minimum atomic E-state index is -2.31. The van der Waals surface area contributed by atoms with Gasteiger partial charge >= 0.3 is 0 Å². The van der Waals surface area contributed by atoms with Crippen LogP contribution in [0, 0.1) is 34.0 Å². The number of rotatable bonds is 0. The lowest BCUT2D eigenvalue weighted by Gasteiger charge is -2.74. The van der Waals surface area contributed by atoms with Crippen LogP contribution in [0.15, 0.2) is 0 Å². The van der Waals surface area contributed by atoms with Gasteiger partial charge in [0.1, 0.15) is 17.3 Å². The van der Waals surface area contributed by atoms with Gasteiger partial charge in [-0.25, -0.2) is 0 Å². The van der Waals surface area contributed by atoms with Gasteiger partial charge in [0.25, 0.3) is 0 Å². The maximum atomic E-state index is 13.1. The van der Waals surface area contributed by atoms with Gasteiger partial charge in [-0.15, -0.1) is 0 Å². The fourth-order valence-corrected chi connectivity index (χ4v) is 7.75. The monoisotopic (exact) mass is 424 g/mol. The molecule has 0 amide bonds. The lowest BCUT2D eigenvalue weighted by Crippen LogP contribution is -2.85. The SMILES string of the molecule is CC(C)=O.CC1(C)CC[C@H](O)[C@]23CO[C@](O)([C@@H](O)[C@H]12)[C@]12C(=O)C(=O)[C@H](CC[C@@H]31)[C@H]2O. The summed E-state index contributed by atoms with van der Waals surface area (Å²) in [4.78, 5) is 35.1. The van der Waals surface area contributed by atoms with Crippen molar-refractivity contribution in [1.82, 2.24) is 0 Å². The molecule has 2 aliphatic heterocycles. The normalized spacial score (nSPS) is 52.8. The van der Waals surface area contributed by atoms with Crippen LogP contribution in [0.4, 0.5) is 0 Å². The Labute approximate surface area is 175 Å². The second-order valence-corrected chi connectivity index (χ2v) is 10.7. The standard InChI is InChI=1S/C19H26O7.C3H6O/c1-16(2)6-5-10(20)17-7-26-19(25,15(24)12(16)17)18-9(17)4-3-8(13(18)22)11(21)14(18)23;1-3(2)4/h8-10,12-13,15,20,22,24-25H,3-7H2,1-2H3;1-2H3/t8-,9-,10-,12+,13+,15-,17+,18+,19+;/m0./s1. The van der Waals surface area contributed by atoms with E-state index in [1.807, 2.05) is 13.8 Å². The van der Waals surface area contributed by atoms with Crippen LogP contribution in [-0.2, 0) is 19.1 Å². The molecule has 2 saturated heterocycles. The summed E-state index contributed by atoms with van der Waals surface area (Å²) in [5, 5.41) is 44.7. The number of Topliss-reactive ketones (excluding diaryl/α,β-unsaturated/α-hetero) is 3. The van der Waals surface area contributed by atoms with Gasteiger partial charge in [-0.3, -0.25) is 9.59 Å². The summed E-state index contributed by atoms with van der Waals surface area (Å²) in [6.07, 6.45) is -1.71. The van der Waals surface area contributed by atoms with Gasteiger partial charge in [-0.1, -0.05) is 13.8 Å². The number of aliphatic hydroxyl groups excluding tert-OH is 3. The van der Waals surface area contributed by atoms with Gasteiger partial charge in [-0.2, -0.15) is 0 Å². The third kappa shape index (κ3) is 2.21. The molecule has 2 heterocycles. The molecule has 9 atom stereocenters. The molecule has 6 rings (SSSR count). The van der Waals surface area contributed by atoms with E-state index in [1.54, 1.807) is 0 Å². The summed E-state index contributed by atoms with van der Waals surface area (Å²) in [7, 11) is 0. The highest BCUT2D eigenvalue weighted by atomic mass is 16.6. The Kier molecular flexibility index (Phi) is 4.71. The first kappa shape index (κ1) is 22.0. The molecular formula is C22H32O8. The Balaban J connectivity index is 0.000000503. The van der Waals surface area contributed by atoms with Crippen molar-refractivity contribution in [2.24, 2.45) is 34.0 Å². The van der Waals surface area contributed by atoms with Crippen LogP contribution in [-0.4, -0.2) is 68.5 Å². The van der Waals surface area contributed by atoms with Crippen LogP contribution >= 0.6 is 0 Å². The number of fused-ring (bicyclic) bond motifs is 2. The second-order valence-electron chi connectivity index (χ2n) is 10.7. The van der Waals surface area contributed by atoms with Gasteiger partial charge in [0, 0.05) is 11.3 Å². The minimum absolute atomic E-state index is 0.0150. The summed E-state index contributed by atoms with van der Waals surface area (Å²) in [6.45, 7) is 7.06. The van der Waals surface area contributed by atoms with E-state index in [1.165, 1.54) is 13.8 Å². The van der Waals surface area contributed by atoms with Gasteiger partial charge in [0.05, 0.1) is 24.7 Å². The number of carbonyl (C=O) groups is 3. The highest BCUT2D eigenvalue weighted by Crippen LogP contribution is 2.75. The molecule has 8 nitrogen and oxygen atoms in total. The molecular weight excluding hydrogens is 392 g/mol.